The second kappa shape index (κ2) is 5.28. The lowest BCUT2D eigenvalue weighted by molar-refractivity contribution is 0.472. The van der Waals surface area contributed by atoms with Gasteiger partial charge in [0, 0.05) is 0 Å². The van der Waals surface area contributed by atoms with Gasteiger partial charge in [-0.05, 0) is 24.7 Å². The lowest BCUT2D eigenvalue weighted by Gasteiger charge is -2.11. The van der Waals surface area contributed by atoms with Gasteiger partial charge < -0.3 is 0 Å². The van der Waals surface area contributed by atoms with E-state index in [4.69, 9.17) is 6.58 Å². The van der Waals surface area contributed by atoms with Gasteiger partial charge in [0.05, 0.1) is 0 Å². The number of hydrogen-bond acceptors (Lipinski definition) is 0. The van der Waals surface area contributed by atoms with Crippen LogP contribution in [0.3, 0.4) is 0 Å². The second-order valence-corrected chi connectivity index (χ2v) is 3.03. The van der Waals surface area contributed by atoms with Crippen molar-refractivity contribution in [3.05, 3.63) is 25.3 Å². The zero-order chi connectivity index (χ0) is 7.98. The van der Waals surface area contributed by atoms with Gasteiger partial charge in [-0.15, -0.1) is 6.58 Å². The molecule has 0 aliphatic carbocycles. The molecule has 0 aromatic carbocycles. The van der Waals surface area contributed by atoms with Crippen molar-refractivity contribution < 1.29 is 0 Å². The fraction of sp³-hybridized carbons (Fsp3) is 0.600. The van der Waals surface area contributed by atoms with Crippen molar-refractivity contribution in [1.29, 1.82) is 0 Å². The first kappa shape index (κ1) is 9.48. The maximum absolute atomic E-state index is 5.30. The largest absolute Gasteiger partial charge is 0.103 e. The van der Waals surface area contributed by atoms with E-state index >= 15 is 0 Å². The molecule has 0 aliphatic rings. The van der Waals surface area contributed by atoms with E-state index in [1.807, 2.05) is 6.08 Å². The summed E-state index contributed by atoms with van der Waals surface area (Å²) in [7, 11) is 0. The molecule has 0 aromatic rings. The fourth-order valence-corrected chi connectivity index (χ4v) is 1.06. The van der Waals surface area contributed by atoms with E-state index in [1.54, 1.807) is 6.08 Å². The summed E-state index contributed by atoms with van der Waals surface area (Å²) < 4.78 is 0. The molecule has 2 unspecified atom stereocenters. The molecule has 0 amide bonds. The smallest absolute Gasteiger partial charge is 0.0262 e. The summed E-state index contributed by atoms with van der Waals surface area (Å²) in [6.07, 6.45) is 5.93. The van der Waals surface area contributed by atoms with Crippen LogP contribution in [0.4, 0.5) is 0 Å². The Morgan fingerprint density at radius 1 is 1.50 bits per heavy atom. The molecular formula is C10H17. The summed E-state index contributed by atoms with van der Waals surface area (Å²) in [5, 5.41) is 0. The van der Waals surface area contributed by atoms with Crippen LogP contribution in [0.15, 0.2) is 18.7 Å². The normalized spacial score (nSPS) is 15.8. The molecule has 0 nitrogen and oxygen atoms in total. The average Bonchev–Trinajstić information content (AvgIpc) is 1.88. The molecule has 0 saturated heterocycles. The summed E-state index contributed by atoms with van der Waals surface area (Å²) in [6, 6.07) is 0. The third kappa shape index (κ3) is 4.37. The predicted molar refractivity (Wildman–Crippen MR) is 46.6 cm³/mol. The molecule has 0 rings (SSSR count). The molecule has 57 valence electrons. The second-order valence-electron chi connectivity index (χ2n) is 3.03. The van der Waals surface area contributed by atoms with Gasteiger partial charge >= 0.3 is 0 Å². The highest BCUT2D eigenvalue weighted by molar-refractivity contribution is 4.78. The van der Waals surface area contributed by atoms with Crippen LogP contribution in [0.5, 0.6) is 0 Å². The van der Waals surface area contributed by atoms with Gasteiger partial charge in [-0.2, -0.15) is 0 Å². The van der Waals surface area contributed by atoms with E-state index < -0.39 is 0 Å². The standard InChI is InChI=1S/C10H17/c1-5-7-10(4)8-9(3)6-2/h1,5-6,9-10H,2,7-8H2,3-4H3. The van der Waals surface area contributed by atoms with Gasteiger partial charge in [0.25, 0.3) is 0 Å². The summed E-state index contributed by atoms with van der Waals surface area (Å²) in [6.45, 7) is 13.4. The third-order valence-electron chi connectivity index (χ3n) is 1.71. The molecule has 0 fully saturated rings. The van der Waals surface area contributed by atoms with E-state index in [2.05, 4.69) is 20.4 Å². The highest BCUT2D eigenvalue weighted by Gasteiger charge is 2.02. The molecule has 0 heterocycles. The van der Waals surface area contributed by atoms with Gasteiger partial charge in [0.1, 0.15) is 0 Å². The van der Waals surface area contributed by atoms with E-state index in [1.165, 1.54) is 6.42 Å². The van der Waals surface area contributed by atoms with Crippen LogP contribution in [0.25, 0.3) is 0 Å². The molecule has 1 radical (unpaired) electrons. The average molecular weight is 137 g/mol. The molecule has 0 N–H and O–H groups in total. The Morgan fingerprint density at radius 2 is 2.10 bits per heavy atom. The van der Waals surface area contributed by atoms with E-state index in [0.717, 1.165) is 6.42 Å². The van der Waals surface area contributed by atoms with Crippen LogP contribution in [0.1, 0.15) is 26.7 Å². The van der Waals surface area contributed by atoms with Gasteiger partial charge in [-0.1, -0.05) is 32.6 Å². The SMILES string of the molecule is [CH]=CCC(C)CC(C)C=C. The Kier molecular flexibility index (Phi) is 5.00. The molecule has 0 spiro atoms. The van der Waals surface area contributed by atoms with Crippen molar-refractivity contribution in [3.63, 3.8) is 0 Å². The minimum absolute atomic E-state index is 0.620. The van der Waals surface area contributed by atoms with Gasteiger partial charge in [-0.3, -0.25) is 0 Å². The third-order valence-corrected chi connectivity index (χ3v) is 1.71. The Bertz CT molecular complexity index is 103. The molecule has 2 atom stereocenters. The van der Waals surface area contributed by atoms with Crippen molar-refractivity contribution in [2.24, 2.45) is 11.8 Å². The molecule has 0 heteroatoms. The van der Waals surface area contributed by atoms with Gasteiger partial charge in [-0.25, -0.2) is 0 Å². The first-order chi connectivity index (χ1) is 4.70. The first-order valence-electron chi connectivity index (χ1n) is 3.86. The predicted octanol–water partition coefficient (Wildman–Crippen LogP) is 3.21. The van der Waals surface area contributed by atoms with E-state index in [9.17, 15) is 0 Å². The molecular weight excluding hydrogens is 120 g/mol. The lowest BCUT2D eigenvalue weighted by Crippen LogP contribution is -1.98. The minimum atomic E-state index is 0.620. The van der Waals surface area contributed by atoms with Crippen molar-refractivity contribution in [2.75, 3.05) is 0 Å². The minimum Gasteiger partial charge on any atom is -0.103 e. The molecule has 0 aromatic heterocycles. The molecule has 0 saturated carbocycles. The van der Waals surface area contributed by atoms with Crippen LogP contribution < -0.4 is 0 Å². The number of rotatable bonds is 5. The van der Waals surface area contributed by atoms with Crippen molar-refractivity contribution in [1.82, 2.24) is 0 Å². The van der Waals surface area contributed by atoms with Crippen molar-refractivity contribution in [3.8, 4) is 0 Å². The van der Waals surface area contributed by atoms with E-state index in [-0.39, 0.29) is 0 Å². The van der Waals surface area contributed by atoms with E-state index in [0.29, 0.717) is 11.8 Å². The molecule has 10 heavy (non-hydrogen) atoms. The number of hydrogen-bond donors (Lipinski definition) is 0. The zero-order valence-corrected chi connectivity index (χ0v) is 7.01. The van der Waals surface area contributed by atoms with Crippen molar-refractivity contribution in [2.45, 2.75) is 26.7 Å². The first-order valence-corrected chi connectivity index (χ1v) is 3.86. The van der Waals surface area contributed by atoms with Crippen LogP contribution in [0, 0.1) is 18.4 Å². The Balaban J connectivity index is 3.45. The maximum atomic E-state index is 5.30. The topological polar surface area (TPSA) is 0 Å². The summed E-state index contributed by atoms with van der Waals surface area (Å²) >= 11 is 0. The highest BCUT2D eigenvalue weighted by Crippen LogP contribution is 2.15. The molecule has 0 bridgehead atoms. The fourth-order valence-electron chi connectivity index (χ4n) is 1.06. The summed E-state index contributed by atoms with van der Waals surface area (Å²) in [4.78, 5) is 0. The Hall–Kier alpha value is -0.520. The van der Waals surface area contributed by atoms with Crippen molar-refractivity contribution >= 4 is 0 Å². The summed E-state index contributed by atoms with van der Waals surface area (Å²) in [5.74, 6) is 1.31. The highest BCUT2D eigenvalue weighted by atomic mass is 14.1. The quantitative estimate of drug-likeness (QED) is 0.510. The molecule has 0 aliphatic heterocycles. The van der Waals surface area contributed by atoms with Gasteiger partial charge in [0.15, 0.2) is 0 Å². The Labute approximate surface area is 64.6 Å². The van der Waals surface area contributed by atoms with Crippen LogP contribution in [-0.4, -0.2) is 0 Å². The summed E-state index contributed by atoms with van der Waals surface area (Å²) in [5.41, 5.74) is 0. The monoisotopic (exact) mass is 137 g/mol. The maximum Gasteiger partial charge on any atom is -0.0262 e. The number of allylic oxidation sites excluding steroid dienone is 2. The van der Waals surface area contributed by atoms with Crippen LogP contribution in [0.2, 0.25) is 0 Å². The van der Waals surface area contributed by atoms with Crippen LogP contribution >= 0.6 is 0 Å². The van der Waals surface area contributed by atoms with Gasteiger partial charge in [0.2, 0.25) is 0 Å². The van der Waals surface area contributed by atoms with Crippen LogP contribution in [-0.2, 0) is 0 Å². The zero-order valence-electron chi connectivity index (χ0n) is 7.01. The lowest BCUT2D eigenvalue weighted by atomic mass is 9.95. The Morgan fingerprint density at radius 3 is 2.50 bits per heavy atom.